The monoisotopic (exact) mass is 255 g/mol. The zero-order valence-corrected chi connectivity index (χ0v) is 12.2. The Hall–Kier alpha value is -0.170. The summed E-state index contributed by atoms with van der Waals surface area (Å²) in [6, 6.07) is 1.48. The Morgan fingerprint density at radius 3 is 1.44 bits per heavy atom. The molecule has 0 aromatic rings. The summed E-state index contributed by atoms with van der Waals surface area (Å²) in [6.45, 7) is 12.7. The van der Waals surface area contributed by atoms with Gasteiger partial charge in [-0.15, -0.1) is 0 Å². The van der Waals surface area contributed by atoms with Crippen molar-refractivity contribution in [2.24, 2.45) is 0 Å². The second kappa shape index (κ2) is 7.21. The molecule has 0 bridgehead atoms. The SMILES string of the molecule is CC[N+](C)(C(C)C)C(C)C.COS(=O)(=O)[O-]. The van der Waals surface area contributed by atoms with Gasteiger partial charge in [0.15, 0.2) is 0 Å². The van der Waals surface area contributed by atoms with Crippen molar-refractivity contribution in [2.75, 3.05) is 20.7 Å². The smallest absolute Gasteiger partial charge is 0.217 e. The molecule has 0 rings (SSSR count). The largest absolute Gasteiger partial charge is 0.726 e. The van der Waals surface area contributed by atoms with Crippen molar-refractivity contribution in [3.63, 3.8) is 0 Å². The van der Waals surface area contributed by atoms with Crippen LogP contribution < -0.4 is 0 Å². The maximum Gasteiger partial charge on any atom is 0.217 e. The summed E-state index contributed by atoms with van der Waals surface area (Å²) in [4.78, 5) is 0. The highest BCUT2D eigenvalue weighted by molar-refractivity contribution is 7.80. The van der Waals surface area contributed by atoms with Crippen LogP contribution in [0.1, 0.15) is 34.6 Å². The molecule has 6 heteroatoms. The van der Waals surface area contributed by atoms with Crippen LogP contribution in [0, 0.1) is 0 Å². The molecule has 0 spiro atoms. The third-order valence-electron chi connectivity index (χ3n) is 3.24. The molecule has 0 saturated heterocycles. The van der Waals surface area contributed by atoms with Crippen LogP contribution in [0.2, 0.25) is 0 Å². The summed E-state index contributed by atoms with van der Waals surface area (Å²) < 4.78 is 32.2. The third kappa shape index (κ3) is 7.16. The number of rotatable bonds is 4. The van der Waals surface area contributed by atoms with Crippen molar-refractivity contribution in [1.82, 2.24) is 0 Å². The Morgan fingerprint density at radius 2 is 1.44 bits per heavy atom. The van der Waals surface area contributed by atoms with Gasteiger partial charge < -0.3 is 9.04 Å². The van der Waals surface area contributed by atoms with Crippen LogP contribution >= 0.6 is 0 Å². The van der Waals surface area contributed by atoms with Gasteiger partial charge in [-0.2, -0.15) is 0 Å². The van der Waals surface area contributed by atoms with Gasteiger partial charge in [0, 0.05) is 0 Å². The summed E-state index contributed by atoms with van der Waals surface area (Å²) in [5.41, 5.74) is 0. The van der Waals surface area contributed by atoms with Gasteiger partial charge in [0.2, 0.25) is 10.4 Å². The molecule has 0 aromatic heterocycles. The van der Waals surface area contributed by atoms with Crippen LogP contribution in [0.25, 0.3) is 0 Å². The van der Waals surface area contributed by atoms with Crippen LogP contribution in [0.15, 0.2) is 0 Å². The average Bonchev–Trinajstić information content (AvgIpc) is 2.15. The molecule has 0 unspecified atom stereocenters. The molecule has 0 aromatic carbocycles. The van der Waals surface area contributed by atoms with E-state index in [1.165, 1.54) is 11.0 Å². The zero-order chi connectivity index (χ0) is 13.6. The highest BCUT2D eigenvalue weighted by Gasteiger charge is 2.26. The topological polar surface area (TPSA) is 66.4 Å². The molecule has 5 nitrogen and oxygen atoms in total. The van der Waals surface area contributed by atoms with Crippen molar-refractivity contribution in [2.45, 2.75) is 46.7 Å². The van der Waals surface area contributed by atoms with Crippen LogP contribution in [0.4, 0.5) is 0 Å². The van der Waals surface area contributed by atoms with Crippen LogP contribution in [0.3, 0.4) is 0 Å². The third-order valence-corrected chi connectivity index (χ3v) is 3.65. The van der Waals surface area contributed by atoms with E-state index in [9.17, 15) is 13.0 Å². The molecule has 0 aliphatic heterocycles. The molecular weight excluding hydrogens is 230 g/mol. The molecule has 0 amide bonds. The molecular formula is C10H25NO4S. The normalized spacial score (nSPS) is 12.6. The Morgan fingerprint density at radius 1 is 1.19 bits per heavy atom. The molecule has 0 atom stereocenters. The van der Waals surface area contributed by atoms with Crippen molar-refractivity contribution < 1.29 is 21.6 Å². The molecule has 0 aliphatic rings. The summed E-state index contributed by atoms with van der Waals surface area (Å²) >= 11 is 0. The van der Waals surface area contributed by atoms with E-state index in [-0.39, 0.29) is 0 Å². The summed E-state index contributed by atoms with van der Waals surface area (Å²) in [5, 5.41) is 0. The minimum atomic E-state index is -4.41. The summed E-state index contributed by atoms with van der Waals surface area (Å²) in [7, 11) is -1.28. The Kier molecular flexibility index (Phi) is 8.21. The van der Waals surface area contributed by atoms with Gasteiger partial charge in [-0.05, 0) is 34.6 Å². The van der Waals surface area contributed by atoms with Crippen LogP contribution in [-0.4, -0.2) is 50.2 Å². The first kappa shape index (κ1) is 18.2. The molecule has 0 fully saturated rings. The van der Waals surface area contributed by atoms with Gasteiger partial charge in [-0.3, -0.25) is 4.18 Å². The minimum Gasteiger partial charge on any atom is -0.726 e. The van der Waals surface area contributed by atoms with E-state index in [0.717, 1.165) is 19.2 Å². The first-order valence-corrected chi connectivity index (χ1v) is 6.70. The molecule has 0 radical (unpaired) electrons. The van der Waals surface area contributed by atoms with Gasteiger partial charge in [0.1, 0.15) is 0 Å². The van der Waals surface area contributed by atoms with Crippen LogP contribution in [-0.2, 0) is 14.6 Å². The maximum atomic E-state index is 9.22. The standard InChI is InChI=1S/C9H22N.CH4O4S/c1-7-10(6,8(2)3)9(4)5;1-5-6(2,3)4/h8-9H,7H2,1-6H3;1H3,(H,2,3,4)/q+1;/p-1. The number of hydrogen-bond acceptors (Lipinski definition) is 4. The molecule has 0 aliphatic carbocycles. The lowest BCUT2D eigenvalue weighted by Gasteiger charge is -2.41. The number of nitrogens with zero attached hydrogens (tertiary/aromatic N) is 1. The van der Waals surface area contributed by atoms with Crippen LogP contribution in [0.5, 0.6) is 0 Å². The molecule has 0 saturated carbocycles. The van der Waals surface area contributed by atoms with E-state index >= 15 is 0 Å². The quantitative estimate of drug-likeness (QED) is 0.432. The Labute approximate surface area is 100.0 Å². The minimum absolute atomic E-state index is 0.741. The molecule has 0 heterocycles. The van der Waals surface area contributed by atoms with Gasteiger partial charge >= 0.3 is 0 Å². The summed E-state index contributed by atoms with van der Waals surface area (Å²) in [6.07, 6.45) is 0. The highest BCUT2D eigenvalue weighted by Crippen LogP contribution is 2.14. The van der Waals surface area contributed by atoms with E-state index < -0.39 is 10.4 Å². The summed E-state index contributed by atoms with van der Waals surface area (Å²) in [5.74, 6) is 0. The van der Waals surface area contributed by atoms with E-state index in [4.69, 9.17) is 0 Å². The highest BCUT2D eigenvalue weighted by atomic mass is 32.3. The predicted octanol–water partition coefficient (Wildman–Crippen LogP) is 1.36. The van der Waals surface area contributed by atoms with Gasteiger partial charge in [-0.25, -0.2) is 8.42 Å². The molecule has 16 heavy (non-hydrogen) atoms. The van der Waals surface area contributed by atoms with Crippen molar-refractivity contribution in [3.05, 3.63) is 0 Å². The van der Waals surface area contributed by atoms with E-state index in [1.54, 1.807) is 0 Å². The van der Waals surface area contributed by atoms with Crippen molar-refractivity contribution in [1.29, 1.82) is 0 Å². The van der Waals surface area contributed by atoms with Crippen molar-refractivity contribution in [3.8, 4) is 0 Å². The zero-order valence-electron chi connectivity index (χ0n) is 11.4. The fourth-order valence-electron chi connectivity index (χ4n) is 1.33. The second-order valence-electron chi connectivity index (χ2n) is 4.43. The molecule has 0 N–H and O–H groups in total. The lowest BCUT2D eigenvalue weighted by molar-refractivity contribution is -0.947. The fraction of sp³-hybridized carbons (Fsp3) is 1.00. The predicted molar refractivity (Wildman–Crippen MR) is 63.7 cm³/mol. The van der Waals surface area contributed by atoms with Gasteiger partial charge in [0.25, 0.3) is 0 Å². The second-order valence-corrected chi connectivity index (χ2v) is 5.58. The number of hydrogen-bond donors (Lipinski definition) is 0. The molecule has 100 valence electrons. The van der Waals surface area contributed by atoms with E-state index in [1.807, 2.05) is 0 Å². The Balaban J connectivity index is 0. The van der Waals surface area contributed by atoms with E-state index in [0.29, 0.717) is 0 Å². The van der Waals surface area contributed by atoms with Gasteiger partial charge in [0.05, 0.1) is 32.8 Å². The lowest BCUT2D eigenvalue weighted by Crippen LogP contribution is -2.54. The van der Waals surface area contributed by atoms with Gasteiger partial charge in [-0.1, -0.05) is 0 Å². The first-order chi connectivity index (χ1) is 7.01. The first-order valence-electron chi connectivity index (χ1n) is 5.37. The lowest BCUT2D eigenvalue weighted by atomic mass is 10.2. The maximum absolute atomic E-state index is 9.22. The van der Waals surface area contributed by atoms with E-state index in [2.05, 4.69) is 45.8 Å². The van der Waals surface area contributed by atoms with Crippen molar-refractivity contribution >= 4 is 10.4 Å². The average molecular weight is 255 g/mol. The fourth-order valence-corrected chi connectivity index (χ4v) is 1.33. The number of quaternary nitrogens is 1. The Bertz CT molecular complexity index is 265.